The van der Waals surface area contributed by atoms with E-state index in [0.717, 1.165) is 0 Å². The molecule has 0 aliphatic heterocycles. The number of carbonyl (C=O) groups excluding carboxylic acids is 2. The summed E-state index contributed by atoms with van der Waals surface area (Å²) in [5.74, 6) is -0.975. The van der Waals surface area contributed by atoms with Crippen molar-refractivity contribution in [3.8, 4) is 0 Å². The SMILES string of the molecule is C=CCP(=O)(OCOC(=O)C(C)(C)C)OCOC(=O)C(C)(C)CCBr. The van der Waals surface area contributed by atoms with Crippen molar-refractivity contribution in [2.75, 3.05) is 25.1 Å². The van der Waals surface area contributed by atoms with E-state index >= 15 is 0 Å². The summed E-state index contributed by atoms with van der Waals surface area (Å²) in [6.45, 7) is 11.0. The third kappa shape index (κ3) is 9.54. The monoisotopic (exact) mass is 442 g/mol. The van der Waals surface area contributed by atoms with Crippen molar-refractivity contribution in [1.82, 2.24) is 0 Å². The Balaban J connectivity index is 4.53. The molecule has 0 heterocycles. The lowest BCUT2D eigenvalue weighted by atomic mass is 9.91. The van der Waals surface area contributed by atoms with Gasteiger partial charge >= 0.3 is 19.5 Å². The second-order valence-electron chi connectivity index (χ2n) is 7.01. The number of alkyl halides is 1. The van der Waals surface area contributed by atoms with E-state index in [4.69, 9.17) is 18.5 Å². The number of ether oxygens (including phenoxy) is 2. The number of hydrogen-bond acceptors (Lipinski definition) is 7. The standard InChI is InChI=1S/C16H28BrO7P/c1-7-10-25(20,23-11-21-13(18)15(2,3)4)24-12-22-14(19)16(5,6)8-9-17/h7H,1,8-12H2,2-6H3. The van der Waals surface area contributed by atoms with Crippen LogP contribution < -0.4 is 0 Å². The summed E-state index contributed by atoms with van der Waals surface area (Å²) >= 11 is 3.27. The number of rotatable bonds is 11. The first-order valence-electron chi connectivity index (χ1n) is 7.77. The summed E-state index contributed by atoms with van der Waals surface area (Å²) in [6.07, 6.45) is 1.82. The van der Waals surface area contributed by atoms with E-state index in [1.807, 2.05) is 0 Å². The van der Waals surface area contributed by atoms with Gasteiger partial charge < -0.3 is 9.47 Å². The van der Waals surface area contributed by atoms with E-state index in [1.165, 1.54) is 6.08 Å². The van der Waals surface area contributed by atoms with E-state index in [1.54, 1.807) is 34.6 Å². The minimum absolute atomic E-state index is 0.109. The number of carbonyl (C=O) groups is 2. The molecule has 1 unspecified atom stereocenters. The quantitative estimate of drug-likeness (QED) is 0.155. The average molecular weight is 443 g/mol. The van der Waals surface area contributed by atoms with Crippen LogP contribution in [0, 0.1) is 10.8 Å². The molecule has 0 aromatic heterocycles. The van der Waals surface area contributed by atoms with Gasteiger partial charge in [-0.1, -0.05) is 22.0 Å². The first-order valence-corrected chi connectivity index (χ1v) is 10.6. The highest BCUT2D eigenvalue weighted by Gasteiger charge is 2.31. The van der Waals surface area contributed by atoms with Crippen molar-refractivity contribution < 1.29 is 32.7 Å². The third-order valence-corrected chi connectivity index (χ3v) is 5.22. The van der Waals surface area contributed by atoms with Gasteiger partial charge in [0, 0.05) is 5.33 Å². The Labute approximate surface area is 158 Å². The van der Waals surface area contributed by atoms with Crippen molar-refractivity contribution in [2.24, 2.45) is 10.8 Å². The highest BCUT2D eigenvalue weighted by atomic mass is 79.9. The summed E-state index contributed by atoms with van der Waals surface area (Å²) in [4.78, 5) is 23.6. The molecule has 0 rings (SSSR count). The maximum Gasteiger partial charge on any atom is 0.340 e. The van der Waals surface area contributed by atoms with Gasteiger partial charge in [0.25, 0.3) is 0 Å². The predicted octanol–water partition coefficient (Wildman–Crippen LogP) is 4.26. The smallest absolute Gasteiger partial charge is 0.340 e. The van der Waals surface area contributed by atoms with Gasteiger partial charge in [-0.15, -0.1) is 6.58 Å². The Kier molecular flexibility index (Phi) is 10.2. The molecular formula is C16H28BrO7P. The van der Waals surface area contributed by atoms with E-state index in [-0.39, 0.29) is 6.16 Å². The van der Waals surface area contributed by atoms with Crippen LogP contribution in [0.1, 0.15) is 41.0 Å². The molecule has 0 aliphatic rings. The molecule has 0 radical (unpaired) electrons. The van der Waals surface area contributed by atoms with E-state index in [2.05, 4.69) is 22.5 Å². The van der Waals surface area contributed by atoms with Crippen molar-refractivity contribution in [3.63, 3.8) is 0 Å². The maximum atomic E-state index is 12.5. The van der Waals surface area contributed by atoms with Crippen LogP contribution in [0.3, 0.4) is 0 Å². The molecular weight excluding hydrogens is 415 g/mol. The average Bonchev–Trinajstić information content (AvgIpc) is 2.46. The molecule has 0 aliphatic carbocycles. The summed E-state index contributed by atoms with van der Waals surface area (Å²) < 4.78 is 32.6. The second-order valence-corrected chi connectivity index (χ2v) is 9.91. The molecule has 7 nitrogen and oxygen atoms in total. The van der Waals surface area contributed by atoms with Crippen molar-refractivity contribution in [1.29, 1.82) is 0 Å². The molecule has 146 valence electrons. The molecule has 0 fully saturated rings. The van der Waals surface area contributed by atoms with Gasteiger partial charge in [0.15, 0.2) is 0 Å². The molecule has 0 N–H and O–H groups in total. The van der Waals surface area contributed by atoms with Gasteiger partial charge in [-0.05, 0) is 41.0 Å². The second kappa shape index (κ2) is 10.5. The number of esters is 2. The molecule has 1 atom stereocenters. The predicted molar refractivity (Wildman–Crippen MR) is 98.4 cm³/mol. The fraction of sp³-hybridized carbons (Fsp3) is 0.750. The highest BCUT2D eigenvalue weighted by molar-refractivity contribution is 9.09. The Morgan fingerprint density at radius 2 is 1.52 bits per heavy atom. The Bertz CT molecular complexity index is 511. The number of hydrogen-bond donors (Lipinski definition) is 0. The summed E-state index contributed by atoms with van der Waals surface area (Å²) in [7, 11) is -3.63. The Morgan fingerprint density at radius 1 is 1.04 bits per heavy atom. The van der Waals surface area contributed by atoms with E-state index < -0.39 is 44.0 Å². The minimum atomic E-state index is -3.63. The fourth-order valence-corrected chi connectivity index (χ4v) is 3.39. The molecule has 0 bridgehead atoms. The molecule has 0 spiro atoms. The van der Waals surface area contributed by atoms with E-state index in [0.29, 0.717) is 11.8 Å². The molecule has 0 amide bonds. The Morgan fingerprint density at radius 3 is 1.92 bits per heavy atom. The fourth-order valence-electron chi connectivity index (χ4n) is 1.37. The van der Waals surface area contributed by atoms with Crippen LogP contribution in [0.4, 0.5) is 0 Å². The topological polar surface area (TPSA) is 88.1 Å². The largest absolute Gasteiger partial charge is 0.438 e. The van der Waals surface area contributed by atoms with Gasteiger partial charge in [0.1, 0.15) is 0 Å². The zero-order chi connectivity index (χ0) is 19.7. The zero-order valence-electron chi connectivity index (χ0n) is 15.5. The lowest BCUT2D eigenvalue weighted by Gasteiger charge is -2.23. The maximum absolute atomic E-state index is 12.5. The zero-order valence-corrected chi connectivity index (χ0v) is 18.0. The van der Waals surface area contributed by atoms with Crippen LogP contribution in [0.5, 0.6) is 0 Å². The third-order valence-electron chi connectivity index (χ3n) is 3.12. The Hall–Kier alpha value is -0.690. The van der Waals surface area contributed by atoms with Crippen LogP contribution in [0.2, 0.25) is 0 Å². The van der Waals surface area contributed by atoms with Gasteiger partial charge in [-0.25, -0.2) is 0 Å². The molecule has 0 saturated carbocycles. The highest BCUT2D eigenvalue weighted by Crippen LogP contribution is 2.48. The van der Waals surface area contributed by atoms with Crippen LogP contribution >= 0.6 is 23.5 Å². The van der Waals surface area contributed by atoms with Crippen molar-refractivity contribution >= 4 is 35.5 Å². The summed E-state index contributed by atoms with van der Waals surface area (Å²) in [6, 6.07) is 0. The summed E-state index contributed by atoms with van der Waals surface area (Å²) in [5, 5.41) is 0.646. The lowest BCUT2D eigenvalue weighted by molar-refractivity contribution is -0.162. The normalized spacial score (nSPS) is 14.5. The van der Waals surface area contributed by atoms with Gasteiger partial charge in [-0.2, -0.15) is 0 Å². The van der Waals surface area contributed by atoms with Crippen LogP contribution in [0.15, 0.2) is 12.7 Å². The van der Waals surface area contributed by atoms with Crippen molar-refractivity contribution in [3.05, 3.63) is 12.7 Å². The molecule has 0 aromatic rings. The number of allylic oxidation sites excluding steroid dienone is 1. The van der Waals surface area contributed by atoms with Crippen LogP contribution in [-0.2, 0) is 32.7 Å². The molecule has 25 heavy (non-hydrogen) atoms. The minimum Gasteiger partial charge on any atom is -0.438 e. The first kappa shape index (κ1) is 24.3. The lowest BCUT2D eigenvalue weighted by Crippen LogP contribution is -2.28. The molecule has 9 heteroatoms. The van der Waals surface area contributed by atoms with E-state index in [9.17, 15) is 14.2 Å². The molecule has 0 aromatic carbocycles. The van der Waals surface area contributed by atoms with Crippen LogP contribution in [-0.4, -0.2) is 37.0 Å². The number of halogens is 1. The van der Waals surface area contributed by atoms with Gasteiger partial charge in [0.2, 0.25) is 13.6 Å². The van der Waals surface area contributed by atoms with Crippen LogP contribution in [0.25, 0.3) is 0 Å². The molecule has 0 saturated heterocycles. The van der Waals surface area contributed by atoms with Crippen molar-refractivity contribution in [2.45, 2.75) is 41.0 Å². The van der Waals surface area contributed by atoms with Gasteiger partial charge in [-0.3, -0.25) is 23.2 Å². The summed E-state index contributed by atoms with van der Waals surface area (Å²) in [5.41, 5.74) is -1.40. The first-order chi connectivity index (χ1) is 11.4. The van der Waals surface area contributed by atoms with Gasteiger partial charge in [0.05, 0.1) is 17.0 Å².